The number of carbonyl (C=O) groups excluding carboxylic acids is 1. The van der Waals surface area contributed by atoms with Crippen LogP contribution in [0.15, 0.2) is 53.1 Å². The minimum absolute atomic E-state index is 0.0937. The van der Waals surface area contributed by atoms with Gasteiger partial charge in [-0.2, -0.15) is 4.98 Å². The lowest BCUT2D eigenvalue weighted by atomic mass is 10.2. The van der Waals surface area contributed by atoms with Crippen molar-refractivity contribution < 1.29 is 19.2 Å². The van der Waals surface area contributed by atoms with Gasteiger partial charge in [-0.15, -0.1) is 0 Å². The van der Waals surface area contributed by atoms with Gasteiger partial charge in [0.15, 0.2) is 0 Å². The van der Waals surface area contributed by atoms with E-state index in [4.69, 9.17) is 9.26 Å². The first-order chi connectivity index (χ1) is 12.2. The lowest BCUT2D eigenvalue weighted by Gasteiger charge is -2.04. The normalized spacial score (nSPS) is 10.4. The van der Waals surface area contributed by atoms with Crippen molar-refractivity contribution in [2.45, 2.75) is 12.8 Å². The van der Waals surface area contributed by atoms with Crippen molar-refractivity contribution in [2.75, 3.05) is 12.4 Å². The summed E-state index contributed by atoms with van der Waals surface area (Å²) in [6, 6.07) is 13.7. The first-order valence-corrected chi connectivity index (χ1v) is 7.70. The minimum atomic E-state index is -0.206. The number of aromatic nitrogens is 2. The molecule has 2 aromatic carbocycles. The first-order valence-electron chi connectivity index (χ1n) is 7.70. The molecule has 0 radical (unpaired) electrons. The molecule has 3 rings (SSSR count). The van der Waals surface area contributed by atoms with Crippen molar-refractivity contribution in [3.8, 4) is 22.9 Å². The lowest BCUT2D eigenvalue weighted by molar-refractivity contribution is -0.116. The Labute approximate surface area is 144 Å². The number of anilines is 1. The molecule has 7 nitrogen and oxygen atoms in total. The second kappa shape index (κ2) is 7.48. The Bertz CT molecular complexity index is 876. The quantitative estimate of drug-likeness (QED) is 0.716. The molecule has 1 amide bonds. The van der Waals surface area contributed by atoms with Crippen LogP contribution < -0.4 is 10.1 Å². The predicted molar refractivity (Wildman–Crippen MR) is 91.3 cm³/mol. The van der Waals surface area contributed by atoms with Gasteiger partial charge >= 0.3 is 0 Å². The molecule has 0 aliphatic heterocycles. The van der Waals surface area contributed by atoms with Gasteiger partial charge in [-0.25, -0.2) is 0 Å². The number of rotatable bonds is 6. The lowest BCUT2D eigenvalue weighted by Crippen LogP contribution is -2.12. The van der Waals surface area contributed by atoms with Gasteiger partial charge in [0, 0.05) is 24.6 Å². The third-order valence-electron chi connectivity index (χ3n) is 3.51. The largest absolute Gasteiger partial charge is 0.508 e. The van der Waals surface area contributed by atoms with E-state index in [-0.39, 0.29) is 18.1 Å². The Hall–Kier alpha value is -3.35. The number of benzene rings is 2. The van der Waals surface area contributed by atoms with E-state index >= 15 is 0 Å². The van der Waals surface area contributed by atoms with E-state index in [1.54, 1.807) is 19.2 Å². The number of aromatic hydroxyl groups is 1. The summed E-state index contributed by atoms with van der Waals surface area (Å²) in [6.45, 7) is 0. The second-order valence-electron chi connectivity index (χ2n) is 5.31. The summed E-state index contributed by atoms with van der Waals surface area (Å²) >= 11 is 0. The molecule has 1 aromatic heterocycles. The van der Waals surface area contributed by atoms with Crippen LogP contribution in [0.4, 0.5) is 5.69 Å². The Morgan fingerprint density at radius 2 is 2.08 bits per heavy atom. The van der Waals surface area contributed by atoms with Crippen LogP contribution in [0.2, 0.25) is 0 Å². The molecule has 2 N–H and O–H groups in total. The second-order valence-corrected chi connectivity index (χ2v) is 5.31. The number of hydrogen-bond donors (Lipinski definition) is 2. The average Bonchev–Trinajstić information content (AvgIpc) is 3.09. The smallest absolute Gasteiger partial charge is 0.227 e. The summed E-state index contributed by atoms with van der Waals surface area (Å²) in [5.74, 6) is 1.32. The molecule has 0 atom stereocenters. The highest BCUT2D eigenvalue weighted by Crippen LogP contribution is 2.27. The van der Waals surface area contributed by atoms with Gasteiger partial charge in [0.05, 0.1) is 12.7 Å². The molecular formula is C18H17N3O4. The summed E-state index contributed by atoms with van der Waals surface area (Å²) in [4.78, 5) is 16.3. The SMILES string of the molecule is COc1ccccc1-c1noc(CCC(=O)Nc2cccc(O)c2)n1. The van der Waals surface area contributed by atoms with Gasteiger partial charge in [-0.3, -0.25) is 4.79 Å². The number of methoxy groups -OCH3 is 1. The minimum Gasteiger partial charge on any atom is -0.508 e. The first kappa shape index (κ1) is 16.5. The van der Waals surface area contributed by atoms with E-state index in [0.717, 1.165) is 5.56 Å². The molecule has 0 spiro atoms. The number of hydrogen-bond acceptors (Lipinski definition) is 6. The van der Waals surface area contributed by atoms with Crippen LogP contribution >= 0.6 is 0 Å². The molecule has 0 saturated heterocycles. The van der Waals surface area contributed by atoms with Crippen LogP contribution in [-0.2, 0) is 11.2 Å². The number of phenolic OH excluding ortho intramolecular Hbond substituents is 1. The zero-order valence-electron chi connectivity index (χ0n) is 13.6. The van der Waals surface area contributed by atoms with E-state index in [2.05, 4.69) is 15.5 Å². The zero-order chi connectivity index (χ0) is 17.6. The number of para-hydroxylation sites is 1. The summed E-state index contributed by atoms with van der Waals surface area (Å²) in [5, 5.41) is 16.0. The summed E-state index contributed by atoms with van der Waals surface area (Å²) in [7, 11) is 1.57. The molecular weight excluding hydrogens is 322 g/mol. The molecule has 25 heavy (non-hydrogen) atoms. The van der Waals surface area contributed by atoms with Crippen LogP contribution in [0.1, 0.15) is 12.3 Å². The van der Waals surface area contributed by atoms with Gasteiger partial charge in [-0.1, -0.05) is 23.4 Å². The average molecular weight is 339 g/mol. The van der Waals surface area contributed by atoms with Gasteiger partial charge in [0.1, 0.15) is 11.5 Å². The molecule has 1 heterocycles. The van der Waals surface area contributed by atoms with Gasteiger partial charge in [0.25, 0.3) is 0 Å². The number of nitrogens with one attached hydrogen (secondary N) is 1. The fourth-order valence-corrected chi connectivity index (χ4v) is 2.32. The van der Waals surface area contributed by atoms with E-state index in [9.17, 15) is 9.90 Å². The fraction of sp³-hybridized carbons (Fsp3) is 0.167. The fourth-order valence-electron chi connectivity index (χ4n) is 2.32. The topological polar surface area (TPSA) is 97.5 Å². The van der Waals surface area contributed by atoms with Gasteiger partial charge in [0.2, 0.25) is 17.6 Å². The summed E-state index contributed by atoms with van der Waals surface area (Å²) in [5.41, 5.74) is 1.26. The summed E-state index contributed by atoms with van der Waals surface area (Å²) < 4.78 is 10.5. The highest BCUT2D eigenvalue weighted by atomic mass is 16.5. The predicted octanol–water partition coefficient (Wildman–Crippen LogP) is 3.02. The number of amides is 1. The van der Waals surface area contributed by atoms with Crippen molar-refractivity contribution >= 4 is 11.6 Å². The van der Waals surface area contributed by atoms with Gasteiger partial charge < -0.3 is 19.7 Å². The highest BCUT2D eigenvalue weighted by Gasteiger charge is 2.14. The molecule has 0 saturated carbocycles. The Balaban J connectivity index is 1.61. The Kier molecular flexibility index (Phi) is 4.94. The van der Waals surface area contributed by atoms with Crippen molar-refractivity contribution in [3.05, 3.63) is 54.4 Å². The molecule has 0 bridgehead atoms. The third-order valence-corrected chi connectivity index (χ3v) is 3.51. The zero-order valence-corrected chi connectivity index (χ0v) is 13.6. The van der Waals surface area contributed by atoms with E-state index in [0.29, 0.717) is 29.6 Å². The molecule has 0 aliphatic rings. The van der Waals surface area contributed by atoms with Crippen LogP contribution in [-0.4, -0.2) is 28.3 Å². The molecule has 7 heteroatoms. The van der Waals surface area contributed by atoms with E-state index in [1.165, 1.54) is 12.1 Å². The molecule has 0 aliphatic carbocycles. The maximum Gasteiger partial charge on any atom is 0.227 e. The number of phenols is 1. The molecule has 128 valence electrons. The third kappa shape index (κ3) is 4.14. The summed E-state index contributed by atoms with van der Waals surface area (Å²) in [6.07, 6.45) is 0.496. The van der Waals surface area contributed by atoms with Crippen molar-refractivity contribution in [3.63, 3.8) is 0 Å². The number of carbonyl (C=O) groups is 1. The van der Waals surface area contributed by atoms with Crippen molar-refractivity contribution in [1.29, 1.82) is 0 Å². The molecule has 3 aromatic rings. The van der Waals surface area contributed by atoms with E-state index < -0.39 is 0 Å². The Morgan fingerprint density at radius 1 is 1.24 bits per heavy atom. The molecule has 0 fully saturated rings. The standard InChI is InChI=1S/C18H17N3O4/c1-24-15-8-3-2-7-14(15)18-20-17(25-21-18)10-9-16(23)19-12-5-4-6-13(22)11-12/h2-8,11,22H,9-10H2,1H3,(H,19,23). The maximum absolute atomic E-state index is 12.0. The monoisotopic (exact) mass is 339 g/mol. The number of nitrogens with zero attached hydrogens (tertiary/aromatic N) is 2. The molecule has 0 unspecified atom stereocenters. The van der Waals surface area contributed by atoms with E-state index in [1.807, 2.05) is 24.3 Å². The number of ether oxygens (including phenoxy) is 1. The van der Waals surface area contributed by atoms with Crippen LogP contribution in [0.5, 0.6) is 11.5 Å². The Morgan fingerprint density at radius 3 is 2.88 bits per heavy atom. The van der Waals surface area contributed by atoms with Crippen LogP contribution in [0.3, 0.4) is 0 Å². The van der Waals surface area contributed by atoms with Crippen LogP contribution in [0.25, 0.3) is 11.4 Å². The van der Waals surface area contributed by atoms with Crippen molar-refractivity contribution in [2.24, 2.45) is 0 Å². The van der Waals surface area contributed by atoms with Crippen LogP contribution in [0, 0.1) is 0 Å². The maximum atomic E-state index is 12.0. The number of aryl methyl sites for hydroxylation is 1. The van der Waals surface area contributed by atoms with Crippen molar-refractivity contribution in [1.82, 2.24) is 10.1 Å². The highest BCUT2D eigenvalue weighted by molar-refractivity contribution is 5.90. The van der Waals surface area contributed by atoms with Gasteiger partial charge in [-0.05, 0) is 24.3 Å².